The molecule has 3 rings (SSSR count). The van der Waals surface area contributed by atoms with Gasteiger partial charge in [-0.1, -0.05) is 35.9 Å². The summed E-state index contributed by atoms with van der Waals surface area (Å²) in [4.78, 5) is 48.6. The van der Waals surface area contributed by atoms with E-state index in [0.717, 1.165) is 10.5 Å². The third-order valence-electron chi connectivity index (χ3n) is 4.59. The molecular formula is C19H17ClN4O5. The molecule has 4 amide bonds. The Hall–Kier alpha value is -3.46. The molecule has 10 heteroatoms. The molecule has 0 radical (unpaired) electrons. The molecule has 0 aliphatic carbocycles. The Balaban J connectivity index is 1.70. The lowest BCUT2D eigenvalue weighted by molar-refractivity contribution is -0.385. The van der Waals surface area contributed by atoms with Crippen LogP contribution < -0.4 is 10.6 Å². The van der Waals surface area contributed by atoms with Crippen molar-refractivity contribution in [3.05, 3.63) is 74.8 Å². The maximum Gasteiger partial charge on any atom is 0.325 e. The van der Waals surface area contributed by atoms with E-state index in [0.29, 0.717) is 5.02 Å². The Morgan fingerprint density at radius 3 is 2.66 bits per heavy atom. The second-order valence-electron chi connectivity index (χ2n) is 6.66. The van der Waals surface area contributed by atoms with Crippen LogP contribution in [0.3, 0.4) is 0 Å². The number of nitrogens with one attached hydrogen (secondary N) is 2. The van der Waals surface area contributed by atoms with Crippen LogP contribution in [0.15, 0.2) is 48.5 Å². The van der Waals surface area contributed by atoms with Crippen LogP contribution in [0.5, 0.6) is 0 Å². The maximum absolute atomic E-state index is 12.8. The van der Waals surface area contributed by atoms with Gasteiger partial charge in [-0.15, -0.1) is 0 Å². The topological polar surface area (TPSA) is 122 Å². The van der Waals surface area contributed by atoms with Crippen molar-refractivity contribution < 1.29 is 19.3 Å². The normalized spacial score (nSPS) is 18.5. The largest absolute Gasteiger partial charge is 0.350 e. The molecule has 2 aromatic rings. The molecule has 1 saturated heterocycles. The number of hydrogen-bond donors (Lipinski definition) is 2. The number of non-ortho nitro benzene ring substituents is 1. The number of rotatable bonds is 6. The summed E-state index contributed by atoms with van der Waals surface area (Å²) >= 11 is 5.90. The number of amides is 4. The van der Waals surface area contributed by atoms with Gasteiger partial charge in [0.2, 0.25) is 5.91 Å². The van der Waals surface area contributed by atoms with E-state index in [4.69, 9.17) is 11.6 Å². The van der Waals surface area contributed by atoms with Crippen LogP contribution in [0, 0.1) is 10.1 Å². The van der Waals surface area contributed by atoms with E-state index in [1.807, 2.05) is 0 Å². The summed E-state index contributed by atoms with van der Waals surface area (Å²) in [6.07, 6.45) is 0. The van der Waals surface area contributed by atoms with E-state index in [2.05, 4.69) is 10.6 Å². The number of nitrogens with zero attached hydrogens (tertiary/aromatic N) is 2. The fraction of sp³-hybridized carbons (Fsp3) is 0.211. The van der Waals surface area contributed by atoms with Gasteiger partial charge in [0.1, 0.15) is 12.1 Å². The Labute approximate surface area is 170 Å². The lowest BCUT2D eigenvalue weighted by Crippen LogP contribution is -2.43. The van der Waals surface area contributed by atoms with Crippen molar-refractivity contribution in [2.24, 2.45) is 0 Å². The first kappa shape index (κ1) is 20.3. The maximum atomic E-state index is 12.8. The zero-order valence-electron chi connectivity index (χ0n) is 15.3. The number of imide groups is 1. The number of benzene rings is 2. The minimum Gasteiger partial charge on any atom is -0.350 e. The molecule has 1 unspecified atom stereocenters. The van der Waals surface area contributed by atoms with E-state index in [-0.39, 0.29) is 17.8 Å². The van der Waals surface area contributed by atoms with Crippen LogP contribution >= 0.6 is 11.6 Å². The van der Waals surface area contributed by atoms with Gasteiger partial charge in [-0.3, -0.25) is 24.6 Å². The molecule has 0 spiro atoms. The molecule has 1 atom stereocenters. The molecule has 29 heavy (non-hydrogen) atoms. The lowest BCUT2D eigenvalue weighted by Gasteiger charge is -2.22. The zero-order valence-corrected chi connectivity index (χ0v) is 16.1. The van der Waals surface area contributed by atoms with Gasteiger partial charge in [0, 0.05) is 23.7 Å². The van der Waals surface area contributed by atoms with Crippen LogP contribution in [-0.2, 0) is 21.7 Å². The monoisotopic (exact) mass is 416 g/mol. The molecule has 0 bridgehead atoms. The van der Waals surface area contributed by atoms with Gasteiger partial charge in [0.15, 0.2) is 0 Å². The molecule has 2 aromatic carbocycles. The molecule has 2 N–H and O–H groups in total. The average Bonchev–Trinajstić information content (AvgIpc) is 2.90. The SMILES string of the molecule is CC1(c2cccc([N+](=O)[O-])c2)NC(=O)N(CC(=O)NCc2cccc(Cl)c2)C1=O. The van der Waals surface area contributed by atoms with E-state index < -0.39 is 34.9 Å². The third kappa shape index (κ3) is 4.19. The zero-order chi connectivity index (χ0) is 21.2. The van der Waals surface area contributed by atoms with Crippen molar-refractivity contribution in [2.75, 3.05) is 6.54 Å². The van der Waals surface area contributed by atoms with E-state index >= 15 is 0 Å². The van der Waals surface area contributed by atoms with E-state index in [1.54, 1.807) is 24.3 Å². The van der Waals surface area contributed by atoms with Gasteiger partial charge in [0.05, 0.1) is 4.92 Å². The minimum atomic E-state index is -1.50. The Bertz CT molecular complexity index is 1010. The highest BCUT2D eigenvalue weighted by molar-refractivity contribution is 6.30. The first-order chi connectivity index (χ1) is 13.7. The number of halogens is 1. The first-order valence-corrected chi connectivity index (χ1v) is 8.98. The number of hydrogen-bond acceptors (Lipinski definition) is 5. The summed E-state index contributed by atoms with van der Waals surface area (Å²) in [7, 11) is 0. The molecule has 1 heterocycles. The highest BCUT2D eigenvalue weighted by Crippen LogP contribution is 2.30. The first-order valence-electron chi connectivity index (χ1n) is 8.61. The third-order valence-corrected chi connectivity index (χ3v) is 4.82. The van der Waals surface area contributed by atoms with Crippen molar-refractivity contribution in [2.45, 2.75) is 19.0 Å². The number of nitro benzene ring substituents is 1. The van der Waals surface area contributed by atoms with Crippen LogP contribution in [0.2, 0.25) is 5.02 Å². The van der Waals surface area contributed by atoms with Crippen LogP contribution in [-0.4, -0.2) is 34.2 Å². The summed E-state index contributed by atoms with van der Waals surface area (Å²) < 4.78 is 0. The number of carbonyl (C=O) groups excluding carboxylic acids is 3. The standard InChI is InChI=1S/C19H17ClN4O5/c1-19(13-5-3-7-15(9-13)24(28)29)17(26)23(18(27)22-19)11-16(25)21-10-12-4-2-6-14(20)8-12/h2-9H,10-11H2,1H3,(H,21,25)(H,22,27). The van der Waals surface area contributed by atoms with Crippen LogP contribution in [0.25, 0.3) is 0 Å². The molecule has 9 nitrogen and oxygen atoms in total. The van der Waals surface area contributed by atoms with Gasteiger partial charge in [-0.25, -0.2) is 4.79 Å². The number of urea groups is 1. The van der Waals surface area contributed by atoms with Crippen molar-refractivity contribution in [1.29, 1.82) is 0 Å². The highest BCUT2D eigenvalue weighted by atomic mass is 35.5. The van der Waals surface area contributed by atoms with Crippen LogP contribution in [0.4, 0.5) is 10.5 Å². The lowest BCUT2D eigenvalue weighted by atomic mass is 9.91. The van der Waals surface area contributed by atoms with E-state index in [1.165, 1.54) is 31.2 Å². The fourth-order valence-corrected chi connectivity index (χ4v) is 3.23. The van der Waals surface area contributed by atoms with Crippen molar-refractivity contribution in [3.63, 3.8) is 0 Å². The van der Waals surface area contributed by atoms with Crippen molar-refractivity contribution in [3.8, 4) is 0 Å². The molecule has 0 aromatic heterocycles. The summed E-state index contributed by atoms with van der Waals surface area (Å²) in [5, 5.41) is 16.7. The Kier molecular flexibility index (Phi) is 5.51. The van der Waals surface area contributed by atoms with Gasteiger partial charge in [-0.05, 0) is 30.2 Å². The quantitative estimate of drug-likeness (QED) is 0.425. The molecule has 1 aliphatic rings. The molecule has 150 valence electrons. The average molecular weight is 417 g/mol. The second kappa shape index (κ2) is 7.88. The highest BCUT2D eigenvalue weighted by Gasteiger charge is 2.49. The Morgan fingerprint density at radius 1 is 1.24 bits per heavy atom. The van der Waals surface area contributed by atoms with Crippen LogP contribution in [0.1, 0.15) is 18.1 Å². The predicted octanol–water partition coefficient (Wildman–Crippen LogP) is 2.33. The number of nitro groups is 1. The number of carbonyl (C=O) groups is 3. The molecular weight excluding hydrogens is 400 g/mol. The van der Waals surface area contributed by atoms with Gasteiger partial charge >= 0.3 is 6.03 Å². The van der Waals surface area contributed by atoms with Gasteiger partial charge in [0.25, 0.3) is 11.6 Å². The summed E-state index contributed by atoms with van der Waals surface area (Å²) in [5.41, 5.74) is -0.684. The summed E-state index contributed by atoms with van der Waals surface area (Å²) in [6.45, 7) is 1.15. The molecule has 1 aliphatic heterocycles. The molecule has 1 fully saturated rings. The second-order valence-corrected chi connectivity index (χ2v) is 7.10. The predicted molar refractivity (Wildman–Crippen MR) is 104 cm³/mol. The van der Waals surface area contributed by atoms with Crippen molar-refractivity contribution in [1.82, 2.24) is 15.5 Å². The minimum absolute atomic E-state index is 0.186. The van der Waals surface area contributed by atoms with Crippen molar-refractivity contribution >= 4 is 35.1 Å². The molecule has 0 saturated carbocycles. The van der Waals surface area contributed by atoms with E-state index in [9.17, 15) is 24.5 Å². The Morgan fingerprint density at radius 2 is 1.97 bits per heavy atom. The summed E-state index contributed by atoms with van der Waals surface area (Å²) in [5.74, 6) is -1.20. The van der Waals surface area contributed by atoms with Gasteiger partial charge in [-0.2, -0.15) is 0 Å². The smallest absolute Gasteiger partial charge is 0.325 e. The summed E-state index contributed by atoms with van der Waals surface area (Å²) in [6, 6.07) is 11.6. The van der Waals surface area contributed by atoms with Gasteiger partial charge < -0.3 is 10.6 Å². The fourth-order valence-electron chi connectivity index (χ4n) is 3.01.